The lowest BCUT2D eigenvalue weighted by molar-refractivity contribution is 0.118. The van der Waals surface area contributed by atoms with Crippen molar-refractivity contribution in [2.24, 2.45) is 11.0 Å². The molecule has 0 spiro atoms. The maximum absolute atomic E-state index is 5.87. The van der Waals surface area contributed by atoms with Gasteiger partial charge in [-0.3, -0.25) is 0 Å². The molecule has 2 N–H and O–H groups in total. The van der Waals surface area contributed by atoms with Crippen molar-refractivity contribution in [1.82, 2.24) is 0 Å². The minimum Gasteiger partial charge on any atom is -0.479 e. The number of hydrogen-bond acceptors (Lipinski definition) is 5. The summed E-state index contributed by atoms with van der Waals surface area (Å²) in [5.41, 5.74) is 4.44. The van der Waals surface area contributed by atoms with Crippen LogP contribution in [0.25, 0.3) is 0 Å². The van der Waals surface area contributed by atoms with E-state index in [4.69, 9.17) is 15.4 Å². The van der Waals surface area contributed by atoms with E-state index in [2.05, 4.69) is 29.4 Å². The zero-order chi connectivity index (χ0) is 18.8. The highest BCUT2D eigenvalue weighted by molar-refractivity contribution is 5.72. The van der Waals surface area contributed by atoms with Gasteiger partial charge in [-0.2, -0.15) is 0 Å². The molecule has 2 rings (SSSR count). The van der Waals surface area contributed by atoms with E-state index in [9.17, 15) is 0 Å². The van der Waals surface area contributed by atoms with Crippen LogP contribution in [-0.4, -0.2) is 19.6 Å². The van der Waals surface area contributed by atoms with E-state index in [1.165, 1.54) is 5.56 Å². The molecule has 0 aliphatic carbocycles. The summed E-state index contributed by atoms with van der Waals surface area (Å²) in [6.45, 7) is 4.85. The Morgan fingerprint density at radius 1 is 1.08 bits per heavy atom. The second-order valence-electron chi connectivity index (χ2n) is 6.36. The molecule has 0 aliphatic rings. The van der Waals surface area contributed by atoms with Gasteiger partial charge in [0.25, 0.3) is 0 Å². The van der Waals surface area contributed by atoms with E-state index < -0.39 is 0 Å². The van der Waals surface area contributed by atoms with Gasteiger partial charge in [-0.1, -0.05) is 47.6 Å². The van der Waals surface area contributed by atoms with Crippen LogP contribution in [0.1, 0.15) is 36.5 Å². The lowest BCUT2D eigenvalue weighted by Crippen LogP contribution is -2.26. The van der Waals surface area contributed by atoms with E-state index >= 15 is 0 Å². The average Bonchev–Trinajstić information content (AvgIpc) is 2.63. The highest BCUT2D eigenvalue weighted by Gasteiger charge is 2.08. The van der Waals surface area contributed by atoms with E-state index in [0.29, 0.717) is 19.1 Å². The Labute approximate surface area is 156 Å². The molecule has 0 aromatic heterocycles. The second kappa shape index (κ2) is 10.5. The number of hydrazine groups is 1. The molecule has 0 bridgehead atoms. The Morgan fingerprint density at radius 2 is 1.85 bits per heavy atom. The summed E-state index contributed by atoms with van der Waals surface area (Å²) in [5, 5.41) is 5.64. The van der Waals surface area contributed by atoms with Crippen LogP contribution in [-0.2, 0) is 22.6 Å². The topological polar surface area (TPSA) is 60.1 Å². The third-order valence-corrected chi connectivity index (χ3v) is 4.18. The Bertz CT molecular complexity index is 700. The molecule has 0 unspecified atom stereocenters. The Kier molecular flexibility index (Phi) is 7.96. The molecule has 0 saturated heterocycles. The molecule has 5 nitrogen and oxygen atoms in total. The van der Waals surface area contributed by atoms with Crippen LogP contribution in [0.4, 0.5) is 5.69 Å². The number of unbranched alkanes of at least 4 members (excludes halogenated alkanes) is 1. The number of rotatable bonds is 9. The predicted molar refractivity (Wildman–Crippen MR) is 107 cm³/mol. The summed E-state index contributed by atoms with van der Waals surface area (Å²) in [6.07, 6.45) is 3.15. The molecule has 0 saturated carbocycles. The molecular formula is C21H29N3O2. The van der Waals surface area contributed by atoms with Gasteiger partial charge in [0.2, 0.25) is 5.90 Å². The van der Waals surface area contributed by atoms with Crippen molar-refractivity contribution in [2.45, 2.75) is 39.7 Å². The number of oxime groups is 1. The largest absolute Gasteiger partial charge is 0.479 e. The first-order chi connectivity index (χ1) is 12.6. The van der Waals surface area contributed by atoms with Crippen molar-refractivity contribution in [1.29, 1.82) is 0 Å². The normalized spacial score (nSPS) is 11.3. The van der Waals surface area contributed by atoms with Crippen molar-refractivity contribution in [3.8, 4) is 0 Å². The molecule has 0 radical (unpaired) electrons. The predicted octanol–water partition coefficient (Wildman–Crippen LogP) is 4.19. The van der Waals surface area contributed by atoms with Gasteiger partial charge in [-0.15, -0.1) is 0 Å². The first kappa shape index (κ1) is 19.8. The fourth-order valence-corrected chi connectivity index (χ4v) is 2.71. The highest BCUT2D eigenvalue weighted by atomic mass is 16.6. The van der Waals surface area contributed by atoms with Gasteiger partial charge in [-0.05, 0) is 43.4 Å². The number of aryl methyl sites for hydroxylation is 2. The standard InChI is InChI=1S/C21H29N3O2/c1-17-10-9-14-21(24(3)22)20(17)16-26-23-18(2)25-15-8-7-13-19-11-5-4-6-12-19/h4-6,9-12,14H,7-8,13,15-16,22H2,1-3H3. The van der Waals surface area contributed by atoms with Gasteiger partial charge in [-0.25, -0.2) is 5.84 Å². The van der Waals surface area contributed by atoms with Crippen LogP contribution in [0.3, 0.4) is 0 Å². The minimum atomic E-state index is 0.359. The average molecular weight is 355 g/mol. The van der Waals surface area contributed by atoms with Crippen molar-refractivity contribution in [3.63, 3.8) is 0 Å². The monoisotopic (exact) mass is 355 g/mol. The zero-order valence-electron chi connectivity index (χ0n) is 15.9. The number of nitrogens with two attached hydrogens (primary N) is 1. The summed E-state index contributed by atoms with van der Waals surface area (Å²) in [5.74, 6) is 6.41. The quantitative estimate of drug-likeness (QED) is 0.241. The Hall–Kier alpha value is -2.53. The molecule has 0 aliphatic heterocycles. The summed E-state index contributed by atoms with van der Waals surface area (Å²) >= 11 is 0. The van der Waals surface area contributed by atoms with Crippen LogP contribution in [0.5, 0.6) is 0 Å². The highest BCUT2D eigenvalue weighted by Crippen LogP contribution is 2.22. The molecular weight excluding hydrogens is 326 g/mol. The maximum Gasteiger partial charge on any atom is 0.222 e. The van der Waals surface area contributed by atoms with E-state index in [1.807, 2.05) is 45.2 Å². The van der Waals surface area contributed by atoms with Gasteiger partial charge in [0.05, 0.1) is 12.3 Å². The van der Waals surface area contributed by atoms with Gasteiger partial charge in [0.1, 0.15) is 6.61 Å². The van der Waals surface area contributed by atoms with Gasteiger partial charge < -0.3 is 14.6 Å². The molecule has 2 aromatic carbocycles. The van der Waals surface area contributed by atoms with Crippen molar-refractivity contribution < 1.29 is 9.57 Å². The smallest absolute Gasteiger partial charge is 0.222 e. The first-order valence-corrected chi connectivity index (χ1v) is 8.98. The summed E-state index contributed by atoms with van der Waals surface area (Å²) < 4.78 is 5.62. The Morgan fingerprint density at radius 3 is 2.58 bits per heavy atom. The SMILES string of the molecule is CC(=NOCc1c(C)cccc1N(C)N)OCCCCc1ccccc1. The summed E-state index contributed by atoms with van der Waals surface area (Å²) in [7, 11) is 1.81. The maximum atomic E-state index is 5.87. The Balaban J connectivity index is 1.70. The minimum absolute atomic E-state index is 0.359. The molecule has 0 fully saturated rings. The van der Waals surface area contributed by atoms with Crippen molar-refractivity contribution in [3.05, 3.63) is 65.2 Å². The van der Waals surface area contributed by atoms with Crippen molar-refractivity contribution >= 4 is 11.6 Å². The van der Waals surface area contributed by atoms with Gasteiger partial charge >= 0.3 is 0 Å². The fraction of sp³-hybridized carbons (Fsp3) is 0.381. The third kappa shape index (κ3) is 6.41. The van der Waals surface area contributed by atoms with Crippen LogP contribution in [0.15, 0.2) is 53.7 Å². The lowest BCUT2D eigenvalue weighted by Gasteiger charge is -2.18. The zero-order valence-corrected chi connectivity index (χ0v) is 15.9. The molecule has 140 valence electrons. The van der Waals surface area contributed by atoms with E-state index in [0.717, 1.165) is 36.1 Å². The first-order valence-electron chi connectivity index (χ1n) is 8.98. The summed E-state index contributed by atoms with van der Waals surface area (Å²) in [6, 6.07) is 16.5. The molecule has 2 aromatic rings. The van der Waals surface area contributed by atoms with Crippen molar-refractivity contribution in [2.75, 3.05) is 18.7 Å². The number of hydrogen-bond donors (Lipinski definition) is 1. The van der Waals surface area contributed by atoms with E-state index in [1.54, 1.807) is 5.01 Å². The van der Waals surface area contributed by atoms with Crippen LogP contribution >= 0.6 is 0 Å². The lowest BCUT2D eigenvalue weighted by atomic mass is 10.1. The molecule has 0 heterocycles. The van der Waals surface area contributed by atoms with Crippen LogP contribution < -0.4 is 10.9 Å². The molecule has 0 amide bonds. The number of anilines is 1. The molecule has 26 heavy (non-hydrogen) atoms. The van der Waals surface area contributed by atoms with Gasteiger partial charge in [0.15, 0.2) is 0 Å². The number of benzene rings is 2. The second-order valence-corrected chi connectivity index (χ2v) is 6.36. The molecule has 5 heteroatoms. The van der Waals surface area contributed by atoms with E-state index in [-0.39, 0.29) is 0 Å². The molecule has 0 atom stereocenters. The van der Waals surface area contributed by atoms with Gasteiger partial charge in [0, 0.05) is 19.5 Å². The summed E-state index contributed by atoms with van der Waals surface area (Å²) in [4.78, 5) is 5.46. The van der Waals surface area contributed by atoms with Crippen LogP contribution in [0.2, 0.25) is 0 Å². The van der Waals surface area contributed by atoms with Crippen LogP contribution in [0, 0.1) is 6.92 Å². The number of ether oxygens (including phenoxy) is 1. The number of nitrogens with zero attached hydrogens (tertiary/aromatic N) is 2. The third-order valence-electron chi connectivity index (χ3n) is 4.18. The fourth-order valence-electron chi connectivity index (χ4n) is 2.71.